The van der Waals surface area contributed by atoms with E-state index in [0.29, 0.717) is 6.04 Å². The third-order valence-corrected chi connectivity index (χ3v) is 5.22. The maximum atomic E-state index is 9.65. The van der Waals surface area contributed by atoms with Gasteiger partial charge in [0.2, 0.25) is 0 Å². The van der Waals surface area contributed by atoms with Crippen LogP contribution in [0.25, 0.3) is 0 Å². The second-order valence-electron chi connectivity index (χ2n) is 6.55. The van der Waals surface area contributed by atoms with E-state index in [9.17, 15) is 5.11 Å². The molecule has 2 heterocycles. The number of rotatable bonds is 6. The molecule has 2 aromatic rings. The molecule has 1 atom stereocenters. The molecule has 0 saturated carbocycles. The van der Waals surface area contributed by atoms with Crippen LogP contribution in [-0.2, 0) is 13.0 Å². The van der Waals surface area contributed by atoms with Crippen molar-refractivity contribution in [2.24, 2.45) is 0 Å². The largest absolute Gasteiger partial charge is 0.393 e. The number of hydrogen-bond acceptors (Lipinski definition) is 4. The summed E-state index contributed by atoms with van der Waals surface area (Å²) in [6, 6.07) is 11.2. The van der Waals surface area contributed by atoms with E-state index in [2.05, 4.69) is 58.2 Å². The third-order valence-electron chi connectivity index (χ3n) is 4.49. The molecule has 1 fully saturated rings. The van der Waals surface area contributed by atoms with Crippen molar-refractivity contribution >= 4 is 17.0 Å². The SMILES string of the molecule is CC(Cc1ccsc1)Nc1ccccc1CN1CCC(O)CC1. The molecule has 0 radical (unpaired) electrons. The lowest BCUT2D eigenvalue weighted by molar-refractivity contribution is 0.0793. The Balaban J connectivity index is 1.61. The van der Waals surface area contributed by atoms with E-state index in [1.807, 2.05) is 0 Å². The Labute approximate surface area is 143 Å². The standard InChI is InChI=1S/C19H26N2OS/c1-15(12-16-8-11-23-14-16)20-19-5-3-2-4-17(19)13-21-9-6-18(22)7-10-21/h2-5,8,11,14-15,18,20,22H,6-7,9-10,12-13H2,1H3. The summed E-state index contributed by atoms with van der Waals surface area (Å²) < 4.78 is 0. The van der Waals surface area contributed by atoms with Gasteiger partial charge < -0.3 is 10.4 Å². The Kier molecular flexibility index (Phi) is 5.70. The smallest absolute Gasteiger partial charge is 0.0564 e. The molecule has 3 rings (SSSR count). The highest BCUT2D eigenvalue weighted by Crippen LogP contribution is 2.21. The molecule has 1 aliphatic heterocycles. The van der Waals surface area contributed by atoms with Crippen molar-refractivity contribution in [3.63, 3.8) is 0 Å². The van der Waals surface area contributed by atoms with Crippen molar-refractivity contribution in [2.45, 2.75) is 44.9 Å². The molecule has 0 spiro atoms. The van der Waals surface area contributed by atoms with Gasteiger partial charge in [-0.15, -0.1) is 0 Å². The molecular formula is C19H26N2OS. The van der Waals surface area contributed by atoms with E-state index in [-0.39, 0.29) is 6.10 Å². The summed E-state index contributed by atoms with van der Waals surface area (Å²) in [7, 11) is 0. The van der Waals surface area contributed by atoms with E-state index < -0.39 is 0 Å². The van der Waals surface area contributed by atoms with Crippen LogP contribution >= 0.6 is 11.3 Å². The maximum Gasteiger partial charge on any atom is 0.0564 e. The van der Waals surface area contributed by atoms with Gasteiger partial charge in [-0.1, -0.05) is 18.2 Å². The van der Waals surface area contributed by atoms with Crippen LogP contribution in [-0.4, -0.2) is 35.2 Å². The van der Waals surface area contributed by atoms with Crippen LogP contribution < -0.4 is 5.32 Å². The summed E-state index contributed by atoms with van der Waals surface area (Å²) in [6.07, 6.45) is 2.73. The van der Waals surface area contributed by atoms with Crippen molar-refractivity contribution in [2.75, 3.05) is 18.4 Å². The number of para-hydroxylation sites is 1. The van der Waals surface area contributed by atoms with Gasteiger partial charge in [-0.05, 0) is 60.2 Å². The maximum absolute atomic E-state index is 9.65. The fraction of sp³-hybridized carbons (Fsp3) is 0.474. The van der Waals surface area contributed by atoms with E-state index in [1.54, 1.807) is 11.3 Å². The first-order valence-corrected chi connectivity index (χ1v) is 9.41. The Hall–Kier alpha value is -1.36. The minimum absolute atomic E-state index is 0.106. The van der Waals surface area contributed by atoms with E-state index in [0.717, 1.165) is 38.9 Å². The predicted octanol–water partition coefficient (Wildman–Crippen LogP) is 3.75. The van der Waals surface area contributed by atoms with Gasteiger partial charge in [0.05, 0.1) is 6.10 Å². The van der Waals surface area contributed by atoms with Gasteiger partial charge >= 0.3 is 0 Å². The number of hydrogen-bond donors (Lipinski definition) is 2. The molecule has 0 amide bonds. The molecule has 0 bridgehead atoms. The van der Waals surface area contributed by atoms with Crippen molar-refractivity contribution in [1.29, 1.82) is 0 Å². The number of benzene rings is 1. The molecule has 23 heavy (non-hydrogen) atoms. The van der Waals surface area contributed by atoms with Gasteiger partial charge in [0.25, 0.3) is 0 Å². The van der Waals surface area contributed by atoms with Crippen molar-refractivity contribution in [3.05, 3.63) is 52.2 Å². The fourth-order valence-corrected chi connectivity index (χ4v) is 3.88. The van der Waals surface area contributed by atoms with Gasteiger partial charge in [-0.3, -0.25) is 4.90 Å². The first-order valence-electron chi connectivity index (χ1n) is 8.46. The number of nitrogens with zero attached hydrogens (tertiary/aromatic N) is 1. The summed E-state index contributed by atoms with van der Waals surface area (Å²) in [5.74, 6) is 0. The molecule has 1 saturated heterocycles. The van der Waals surface area contributed by atoms with Crippen LogP contribution in [0, 0.1) is 0 Å². The second kappa shape index (κ2) is 7.95. The molecule has 124 valence electrons. The molecule has 4 heteroatoms. The molecular weight excluding hydrogens is 304 g/mol. The van der Waals surface area contributed by atoms with Crippen LogP contribution in [0.4, 0.5) is 5.69 Å². The highest BCUT2D eigenvalue weighted by molar-refractivity contribution is 7.07. The highest BCUT2D eigenvalue weighted by Gasteiger charge is 2.18. The number of aliphatic hydroxyl groups excluding tert-OH is 1. The Morgan fingerprint density at radius 2 is 2.04 bits per heavy atom. The molecule has 1 aliphatic rings. The third kappa shape index (κ3) is 4.80. The summed E-state index contributed by atoms with van der Waals surface area (Å²) in [5.41, 5.74) is 3.99. The summed E-state index contributed by atoms with van der Waals surface area (Å²) in [5, 5.41) is 17.7. The number of nitrogens with one attached hydrogen (secondary N) is 1. The molecule has 1 unspecified atom stereocenters. The van der Waals surface area contributed by atoms with Crippen molar-refractivity contribution in [3.8, 4) is 0 Å². The molecule has 0 aliphatic carbocycles. The predicted molar refractivity (Wildman–Crippen MR) is 98.1 cm³/mol. The first-order chi connectivity index (χ1) is 11.2. The molecule has 2 N–H and O–H groups in total. The van der Waals surface area contributed by atoms with Crippen LogP contribution in [0.5, 0.6) is 0 Å². The minimum Gasteiger partial charge on any atom is -0.393 e. The lowest BCUT2D eigenvalue weighted by Crippen LogP contribution is -2.35. The van der Waals surface area contributed by atoms with E-state index >= 15 is 0 Å². The number of likely N-dealkylation sites (tertiary alicyclic amines) is 1. The van der Waals surface area contributed by atoms with E-state index in [1.165, 1.54) is 16.8 Å². The number of aliphatic hydroxyl groups is 1. The van der Waals surface area contributed by atoms with Gasteiger partial charge in [0, 0.05) is 31.4 Å². The quantitative estimate of drug-likeness (QED) is 0.847. The first kappa shape index (κ1) is 16.5. The van der Waals surface area contributed by atoms with Crippen molar-refractivity contribution in [1.82, 2.24) is 4.90 Å². The minimum atomic E-state index is -0.106. The van der Waals surface area contributed by atoms with Crippen LogP contribution in [0.15, 0.2) is 41.1 Å². The molecule has 3 nitrogen and oxygen atoms in total. The zero-order valence-corrected chi connectivity index (χ0v) is 14.6. The monoisotopic (exact) mass is 330 g/mol. The average molecular weight is 330 g/mol. The molecule has 1 aromatic heterocycles. The lowest BCUT2D eigenvalue weighted by Gasteiger charge is -2.30. The fourth-order valence-electron chi connectivity index (χ4n) is 3.20. The van der Waals surface area contributed by atoms with Gasteiger partial charge in [0.15, 0.2) is 0 Å². The lowest BCUT2D eigenvalue weighted by atomic mass is 10.1. The summed E-state index contributed by atoms with van der Waals surface area (Å²) in [4.78, 5) is 2.44. The zero-order valence-electron chi connectivity index (χ0n) is 13.7. The van der Waals surface area contributed by atoms with E-state index in [4.69, 9.17) is 0 Å². The van der Waals surface area contributed by atoms with Gasteiger partial charge in [-0.25, -0.2) is 0 Å². The highest BCUT2D eigenvalue weighted by atomic mass is 32.1. The average Bonchev–Trinajstić information content (AvgIpc) is 3.04. The number of thiophene rings is 1. The zero-order chi connectivity index (χ0) is 16.1. The van der Waals surface area contributed by atoms with Gasteiger partial charge in [0.1, 0.15) is 0 Å². The van der Waals surface area contributed by atoms with Crippen molar-refractivity contribution < 1.29 is 5.11 Å². The van der Waals surface area contributed by atoms with Crippen LogP contribution in [0.1, 0.15) is 30.9 Å². The second-order valence-corrected chi connectivity index (χ2v) is 7.33. The number of anilines is 1. The Morgan fingerprint density at radius 3 is 2.78 bits per heavy atom. The summed E-state index contributed by atoms with van der Waals surface area (Å²) >= 11 is 1.76. The Morgan fingerprint density at radius 1 is 1.26 bits per heavy atom. The summed E-state index contributed by atoms with van der Waals surface area (Å²) in [6.45, 7) is 5.17. The van der Waals surface area contributed by atoms with Crippen LogP contribution in [0.3, 0.4) is 0 Å². The van der Waals surface area contributed by atoms with Gasteiger partial charge in [-0.2, -0.15) is 11.3 Å². The van der Waals surface area contributed by atoms with Crippen LogP contribution in [0.2, 0.25) is 0 Å². The normalized spacial score (nSPS) is 18.0. The molecule has 1 aromatic carbocycles. The number of piperidine rings is 1. The Bertz CT molecular complexity index is 591. The topological polar surface area (TPSA) is 35.5 Å².